The summed E-state index contributed by atoms with van der Waals surface area (Å²) in [6.45, 7) is 5.29. The fourth-order valence-electron chi connectivity index (χ4n) is 2.41. The van der Waals surface area contributed by atoms with Crippen LogP contribution < -0.4 is 0 Å². The summed E-state index contributed by atoms with van der Waals surface area (Å²) in [7, 11) is 0. The second-order valence-electron chi connectivity index (χ2n) is 5.42. The number of hydrogen-bond donors (Lipinski definition) is 1. The number of amides is 1. The van der Waals surface area contributed by atoms with Crippen molar-refractivity contribution in [3.8, 4) is 0 Å². The van der Waals surface area contributed by atoms with E-state index in [4.69, 9.17) is 0 Å². The SMILES string of the molecule is CC(C)C(CC(=O)N1CC(O)C1)c1ccccc1. The summed E-state index contributed by atoms with van der Waals surface area (Å²) in [6.07, 6.45) is 0.220. The molecule has 0 bridgehead atoms. The third kappa shape index (κ3) is 2.91. The Bertz CT molecular complexity index is 396. The van der Waals surface area contributed by atoms with Gasteiger partial charge in [0.25, 0.3) is 0 Å². The van der Waals surface area contributed by atoms with Gasteiger partial charge < -0.3 is 10.0 Å². The second-order valence-corrected chi connectivity index (χ2v) is 5.42. The van der Waals surface area contributed by atoms with Crippen molar-refractivity contribution in [2.24, 2.45) is 5.92 Å². The van der Waals surface area contributed by atoms with Crippen LogP contribution >= 0.6 is 0 Å². The molecule has 0 radical (unpaired) electrons. The molecule has 1 aromatic rings. The van der Waals surface area contributed by atoms with Crippen LogP contribution in [0.5, 0.6) is 0 Å². The predicted octanol–water partition coefficient (Wildman–Crippen LogP) is 2.02. The molecule has 0 spiro atoms. The third-order valence-electron chi connectivity index (χ3n) is 3.64. The first-order chi connectivity index (χ1) is 8.58. The third-order valence-corrected chi connectivity index (χ3v) is 3.64. The van der Waals surface area contributed by atoms with Gasteiger partial charge in [-0.2, -0.15) is 0 Å². The average Bonchev–Trinajstić information content (AvgIpc) is 2.32. The lowest BCUT2D eigenvalue weighted by atomic mass is 9.85. The predicted molar refractivity (Wildman–Crippen MR) is 71.2 cm³/mol. The molecule has 1 aliphatic rings. The normalized spacial score (nSPS) is 17.7. The average molecular weight is 247 g/mol. The number of aliphatic hydroxyl groups is 1. The summed E-state index contributed by atoms with van der Waals surface area (Å²) >= 11 is 0. The van der Waals surface area contributed by atoms with E-state index in [1.165, 1.54) is 5.56 Å². The van der Waals surface area contributed by atoms with Crippen LogP contribution in [0.4, 0.5) is 0 Å². The van der Waals surface area contributed by atoms with E-state index in [0.717, 1.165) is 0 Å². The Morgan fingerprint density at radius 1 is 1.33 bits per heavy atom. The summed E-state index contributed by atoms with van der Waals surface area (Å²) in [5.74, 6) is 0.849. The number of rotatable bonds is 4. The standard InChI is InChI=1S/C15H21NO2/c1-11(2)14(12-6-4-3-5-7-12)8-15(18)16-9-13(17)10-16/h3-7,11,13-14,17H,8-10H2,1-2H3. The largest absolute Gasteiger partial charge is 0.389 e. The minimum absolute atomic E-state index is 0.155. The minimum atomic E-state index is -0.317. The highest BCUT2D eigenvalue weighted by atomic mass is 16.3. The van der Waals surface area contributed by atoms with Crippen molar-refractivity contribution in [3.05, 3.63) is 35.9 Å². The summed E-state index contributed by atoms with van der Waals surface area (Å²) in [6, 6.07) is 10.2. The highest BCUT2D eigenvalue weighted by molar-refractivity contribution is 5.78. The summed E-state index contributed by atoms with van der Waals surface area (Å²) < 4.78 is 0. The molecule has 3 heteroatoms. The molecule has 1 aliphatic heterocycles. The maximum absolute atomic E-state index is 12.1. The molecule has 1 saturated heterocycles. The fraction of sp³-hybridized carbons (Fsp3) is 0.533. The molecule has 18 heavy (non-hydrogen) atoms. The molecular weight excluding hydrogens is 226 g/mol. The molecule has 1 N–H and O–H groups in total. The van der Waals surface area contributed by atoms with Crippen molar-refractivity contribution in [1.29, 1.82) is 0 Å². The summed E-state index contributed by atoms with van der Waals surface area (Å²) in [4.78, 5) is 13.8. The molecule has 0 aliphatic carbocycles. The van der Waals surface area contributed by atoms with E-state index in [-0.39, 0.29) is 17.9 Å². The van der Waals surface area contributed by atoms with E-state index in [1.54, 1.807) is 4.90 Å². The van der Waals surface area contributed by atoms with Crippen molar-refractivity contribution in [1.82, 2.24) is 4.90 Å². The number of hydrogen-bond acceptors (Lipinski definition) is 2. The number of benzene rings is 1. The van der Waals surface area contributed by atoms with Gasteiger partial charge in [0, 0.05) is 19.5 Å². The summed E-state index contributed by atoms with van der Waals surface area (Å²) in [5.41, 5.74) is 1.22. The lowest BCUT2D eigenvalue weighted by Crippen LogP contribution is -2.53. The molecule has 3 nitrogen and oxygen atoms in total. The molecule has 0 saturated carbocycles. The maximum Gasteiger partial charge on any atom is 0.223 e. The highest BCUT2D eigenvalue weighted by Gasteiger charge is 2.30. The van der Waals surface area contributed by atoms with Gasteiger partial charge in [-0.3, -0.25) is 4.79 Å². The Kier molecular flexibility index (Phi) is 4.02. The molecular formula is C15H21NO2. The first-order valence-corrected chi connectivity index (χ1v) is 6.58. The number of carbonyl (C=O) groups is 1. The van der Waals surface area contributed by atoms with Crippen LogP contribution in [0.25, 0.3) is 0 Å². The van der Waals surface area contributed by atoms with Gasteiger partial charge >= 0.3 is 0 Å². The first kappa shape index (κ1) is 13.1. The zero-order chi connectivity index (χ0) is 13.1. The Morgan fingerprint density at radius 2 is 1.94 bits per heavy atom. The van der Waals surface area contributed by atoms with Crippen molar-refractivity contribution >= 4 is 5.91 Å². The maximum atomic E-state index is 12.1. The Hall–Kier alpha value is -1.35. The zero-order valence-corrected chi connectivity index (χ0v) is 11.0. The number of likely N-dealkylation sites (tertiary alicyclic amines) is 1. The zero-order valence-electron chi connectivity index (χ0n) is 11.0. The van der Waals surface area contributed by atoms with Crippen molar-refractivity contribution in [2.75, 3.05) is 13.1 Å². The van der Waals surface area contributed by atoms with Gasteiger partial charge in [0.1, 0.15) is 0 Å². The quantitative estimate of drug-likeness (QED) is 0.884. The van der Waals surface area contributed by atoms with E-state index in [1.807, 2.05) is 18.2 Å². The molecule has 1 fully saturated rings. The van der Waals surface area contributed by atoms with Gasteiger partial charge in [-0.05, 0) is 17.4 Å². The van der Waals surface area contributed by atoms with Gasteiger partial charge in [0.15, 0.2) is 0 Å². The van der Waals surface area contributed by atoms with Crippen LogP contribution in [-0.4, -0.2) is 35.1 Å². The van der Waals surface area contributed by atoms with Gasteiger partial charge in [-0.25, -0.2) is 0 Å². The summed E-state index contributed by atoms with van der Waals surface area (Å²) in [5, 5.41) is 9.23. The van der Waals surface area contributed by atoms with Gasteiger partial charge in [0.2, 0.25) is 5.91 Å². The van der Waals surface area contributed by atoms with Crippen LogP contribution in [0.3, 0.4) is 0 Å². The van der Waals surface area contributed by atoms with Crippen LogP contribution in [0.1, 0.15) is 31.7 Å². The van der Waals surface area contributed by atoms with E-state index in [0.29, 0.717) is 25.4 Å². The number of β-amino-alcohol motifs (C(OH)–C–C–N with tert-alkyl or cyclic N) is 1. The molecule has 1 unspecified atom stereocenters. The highest BCUT2D eigenvalue weighted by Crippen LogP contribution is 2.29. The molecule has 1 heterocycles. The smallest absolute Gasteiger partial charge is 0.223 e. The van der Waals surface area contributed by atoms with E-state index in [2.05, 4.69) is 26.0 Å². The van der Waals surface area contributed by atoms with E-state index in [9.17, 15) is 9.90 Å². The molecule has 1 amide bonds. The van der Waals surface area contributed by atoms with Crippen LogP contribution in [0.15, 0.2) is 30.3 Å². The molecule has 98 valence electrons. The monoisotopic (exact) mass is 247 g/mol. The second kappa shape index (κ2) is 5.53. The molecule has 1 atom stereocenters. The number of nitrogens with zero attached hydrogens (tertiary/aromatic N) is 1. The molecule has 1 aromatic carbocycles. The minimum Gasteiger partial charge on any atom is -0.389 e. The topological polar surface area (TPSA) is 40.5 Å². The van der Waals surface area contributed by atoms with Crippen molar-refractivity contribution in [2.45, 2.75) is 32.3 Å². The molecule has 0 aromatic heterocycles. The number of aliphatic hydroxyl groups excluding tert-OH is 1. The fourth-order valence-corrected chi connectivity index (χ4v) is 2.41. The van der Waals surface area contributed by atoms with Gasteiger partial charge in [-0.1, -0.05) is 44.2 Å². The Labute approximate surface area is 108 Å². The van der Waals surface area contributed by atoms with Crippen LogP contribution in [0, 0.1) is 5.92 Å². The van der Waals surface area contributed by atoms with Gasteiger partial charge in [-0.15, -0.1) is 0 Å². The van der Waals surface area contributed by atoms with Crippen LogP contribution in [-0.2, 0) is 4.79 Å². The van der Waals surface area contributed by atoms with Gasteiger partial charge in [0.05, 0.1) is 6.10 Å². The first-order valence-electron chi connectivity index (χ1n) is 6.58. The van der Waals surface area contributed by atoms with E-state index >= 15 is 0 Å². The Balaban J connectivity index is 2.01. The van der Waals surface area contributed by atoms with Crippen molar-refractivity contribution < 1.29 is 9.90 Å². The van der Waals surface area contributed by atoms with E-state index < -0.39 is 0 Å². The Morgan fingerprint density at radius 3 is 2.44 bits per heavy atom. The number of carbonyl (C=O) groups excluding carboxylic acids is 1. The molecule has 2 rings (SSSR count). The lowest BCUT2D eigenvalue weighted by Gasteiger charge is -2.37. The van der Waals surface area contributed by atoms with Crippen LogP contribution in [0.2, 0.25) is 0 Å². The lowest BCUT2D eigenvalue weighted by molar-refractivity contribution is -0.141. The van der Waals surface area contributed by atoms with Crippen molar-refractivity contribution in [3.63, 3.8) is 0 Å².